The number of benzene rings is 1. The summed E-state index contributed by atoms with van der Waals surface area (Å²) in [6.07, 6.45) is 4.51. The summed E-state index contributed by atoms with van der Waals surface area (Å²) in [4.78, 5) is 0. The Morgan fingerprint density at radius 3 is 3.05 bits per heavy atom. The minimum absolute atomic E-state index is 0.0503. The molecule has 5 heteroatoms. The highest BCUT2D eigenvalue weighted by atomic mass is 19.1. The van der Waals surface area contributed by atoms with E-state index in [-0.39, 0.29) is 18.0 Å². The summed E-state index contributed by atoms with van der Waals surface area (Å²) in [5.74, 6) is 0.521. The van der Waals surface area contributed by atoms with E-state index in [2.05, 4.69) is 10.4 Å². The maximum atomic E-state index is 13.4. The SMILES string of the molecule is CCNC1CC(c2cnn(C)c2)Oc2ccc(F)cc21. The third-order valence-corrected chi connectivity index (χ3v) is 3.61. The van der Waals surface area contributed by atoms with Gasteiger partial charge in [-0.2, -0.15) is 5.10 Å². The average Bonchev–Trinajstić information content (AvgIpc) is 2.86. The van der Waals surface area contributed by atoms with Crippen molar-refractivity contribution in [2.45, 2.75) is 25.5 Å². The second-order valence-electron chi connectivity index (χ2n) is 5.08. The Labute approximate surface area is 117 Å². The lowest BCUT2D eigenvalue weighted by atomic mass is 9.94. The third-order valence-electron chi connectivity index (χ3n) is 3.61. The van der Waals surface area contributed by atoms with Crippen molar-refractivity contribution in [1.82, 2.24) is 15.1 Å². The van der Waals surface area contributed by atoms with Crippen molar-refractivity contribution in [2.75, 3.05) is 6.54 Å². The molecule has 1 aliphatic heterocycles. The largest absolute Gasteiger partial charge is 0.485 e. The van der Waals surface area contributed by atoms with Crippen molar-refractivity contribution in [2.24, 2.45) is 7.05 Å². The van der Waals surface area contributed by atoms with Crippen LogP contribution in [0.3, 0.4) is 0 Å². The molecule has 4 nitrogen and oxygen atoms in total. The molecule has 0 aliphatic carbocycles. The van der Waals surface area contributed by atoms with Gasteiger partial charge in [0.15, 0.2) is 0 Å². The number of nitrogens with one attached hydrogen (secondary N) is 1. The van der Waals surface area contributed by atoms with Crippen LogP contribution in [0, 0.1) is 5.82 Å². The summed E-state index contributed by atoms with van der Waals surface area (Å²) in [5, 5.41) is 7.59. The lowest BCUT2D eigenvalue weighted by Gasteiger charge is -2.32. The van der Waals surface area contributed by atoms with Crippen LogP contribution in [0.4, 0.5) is 4.39 Å². The zero-order valence-electron chi connectivity index (χ0n) is 11.6. The first-order chi connectivity index (χ1) is 9.67. The Bertz CT molecular complexity index is 611. The van der Waals surface area contributed by atoms with E-state index in [9.17, 15) is 4.39 Å². The van der Waals surface area contributed by atoms with Crippen molar-refractivity contribution >= 4 is 0 Å². The van der Waals surface area contributed by atoms with Gasteiger partial charge in [-0.25, -0.2) is 4.39 Å². The Morgan fingerprint density at radius 2 is 2.35 bits per heavy atom. The molecule has 1 N–H and O–H groups in total. The normalized spacial score (nSPS) is 21.4. The van der Waals surface area contributed by atoms with Gasteiger partial charge in [0.2, 0.25) is 0 Å². The lowest BCUT2D eigenvalue weighted by Crippen LogP contribution is -2.29. The number of nitrogens with zero attached hydrogens (tertiary/aromatic N) is 2. The molecule has 0 bridgehead atoms. The van der Waals surface area contributed by atoms with Crippen LogP contribution >= 0.6 is 0 Å². The number of aromatic nitrogens is 2. The maximum absolute atomic E-state index is 13.4. The summed E-state index contributed by atoms with van der Waals surface area (Å²) >= 11 is 0. The van der Waals surface area contributed by atoms with E-state index in [1.54, 1.807) is 16.8 Å². The summed E-state index contributed by atoms with van der Waals surface area (Å²) in [6.45, 7) is 2.88. The monoisotopic (exact) mass is 275 g/mol. The molecule has 2 unspecified atom stereocenters. The quantitative estimate of drug-likeness (QED) is 0.936. The number of aryl methyl sites for hydroxylation is 1. The van der Waals surface area contributed by atoms with Crippen molar-refractivity contribution in [3.63, 3.8) is 0 Å². The molecule has 2 atom stereocenters. The van der Waals surface area contributed by atoms with Gasteiger partial charge in [-0.15, -0.1) is 0 Å². The molecule has 3 rings (SSSR count). The van der Waals surface area contributed by atoms with Crippen molar-refractivity contribution in [3.05, 3.63) is 47.5 Å². The van der Waals surface area contributed by atoms with E-state index in [0.717, 1.165) is 29.8 Å². The summed E-state index contributed by atoms with van der Waals surface area (Å²) in [6, 6.07) is 4.80. The van der Waals surface area contributed by atoms with Gasteiger partial charge in [-0.05, 0) is 24.7 Å². The number of halogens is 1. The third kappa shape index (κ3) is 2.41. The maximum Gasteiger partial charge on any atom is 0.129 e. The molecule has 0 spiro atoms. The highest BCUT2D eigenvalue weighted by Crippen LogP contribution is 2.40. The lowest BCUT2D eigenvalue weighted by molar-refractivity contribution is 0.151. The smallest absolute Gasteiger partial charge is 0.129 e. The fourth-order valence-electron chi connectivity index (χ4n) is 2.69. The fraction of sp³-hybridized carbons (Fsp3) is 0.400. The van der Waals surface area contributed by atoms with E-state index in [4.69, 9.17) is 4.74 Å². The number of hydrogen-bond donors (Lipinski definition) is 1. The van der Waals surface area contributed by atoms with Crippen molar-refractivity contribution < 1.29 is 9.13 Å². The average molecular weight is 275 g/mol. The van der Waals surface area contributed by atoms with Crippen LogP contribution in [0.25, 0.3) is 0 Å². The molecule has 0 saturated carbocycles. The number of ether oxygens (including phenoxy) is 1. The standard InChI is InChI=1S/C15H18FN3O/c1-3-17-13-7-15(10-8-18-19(2)9-10)20-14-5-4-11(16)6-12(13)14/h4-6,8-9,13,15,17H,3,7H2,1-2H3. The zero-order valence-corrected chi connectivity index (χ0v) is 11.6. The van der Waals surface area contributed by atoms with Crippen molar-refractivity contribution in [3.8, 4) is 5.75 Å². The predicted molar refractivity (Wildman–Crippen MR) is 74.0 cm³/mol. The molecule has 1 aromatic carbocycles. The molecule has 1 aromatic heterocycles. The number of rotatable bonds is 3. The molecule has 0 fully saturated rings. The van der Waals surface area contributed by atoms with Crippen LogP contribution in [-0.2, 0) is 7.05 Å². The number of fused-ring (bicyclic) bond motifs is 1. The second-order valence-corrected chi connectivity index (χ2v) is 5.08. The molecule has 0 radical (unpaired) electrons. The van der Waals surface area contributed by atoms with E-state index in [1.807, 2.05) is 26.4 Å². The van der Waals surface area contributed by atoms with Crippen LogP contribution in [0.1, 0.15) is 36.6 Å². The molecule has 2 heterocycles. The van der Waals surface area contributed by atoms with Gasteiger partial charge in [0.1, 0.15) is 17.7 Å². The van der Waals surface area contributed by atoms with Crippen LogP contribution in [0.2, 0.25) is 0 Å². The van der Waals surface area contributed by atoms with Gasteiger partial charge in [0.05, 0.1) is 6.20 Å². The van der Waals surface area contributed by atoms with E-state index >= 15 is 0 Å². The molecular formula is C15H18FN3O. The van der Waals surface area contributed by atoms with Crippen molar-refractivity contribution in [1.29, 1.82) is 0 Å². The van der Waals surface area contributed by atoms with Gasteiger partial charge < -0.3 is 10.1 Å². The minimum atomic E-state index is -0.227. The minimum Gasteiger partial charge on any atom is -0.485 e. The Kier molecular flexibility index (Phi) is 3.44. The first kappa shape index (κ1) is 13.1. The van der Waals surface area contributed by atoms with Crippen LogP contribution < -0.4 is 10.1 Å². The highest BCUT2D eigenvalue weighted by molar-refractivity contribution is 5.39. The Morgan fingerprint density at radius 1 is 1.50 bits per heavy atom. The fourth-order valence-corrected chi connectivity index (χ4v) is 2.69. The topological polar surface area (TPSA) is 39.1 Å². The van der Waals surface area contributed by atoms with E-state index in [0.29, 0.717) is 0 Å². The molecule has 1 aliphatic rings. The van der Waals surface area contributed by atoms with E-state index in [1.165, 1.54) is 6.07 Å². The first-order valence-corrected chi connectivity index (χ1v) is 6.85. The Hall–Kier alpha value is -1.88. The zero-order chi connectivity index (χ0) is 14.1. The number of hydrogen-bond acceptors (Lipinski definition) is 3. The van der Waals surface area contributed by atoms with Gasteiger partial charge in [-0.3, -0.25) is 4.68 Å². The molecule has 106 valence electrons. The predicted octanol–water partition coefficient (Wildman–Crippen LogP) is 2.73. The van der Waals surface area contributed by atoms with Crippen LogP contribution in [-0.4, -0.2) is 16.3 Å². The van der Waals surface area contributed by atoms with Gasteiger partial charge in [-0.1, -0.05) is 6.92 Å². The highest BCUT2D eigenvalue weighted by Gasteiger charge is 2.29. The Balaban J connectivity index is 1.94. The molecule has 2 aromatic rings. The summed E-state index contributed by atoms with van der Waals surface area (Å²) < 4.78 is 21.2. The second kappa shape index (κ2) is 5.25. The van der Waals surface area contributed by atoms with Crippen LogP contribution in [0.15, 0.2) is 30.6 Å². The molecular weight excluding hydrogens is 257 g/mol. The molecule has 20 heavy (non-hydrogen) atoms. The van der Waals surface area contributed by atoms with Crippen LogP contribution in [0.5, 0.6) is 5.75 Å². The van der Waals surface area contributed by atoms with Gasteiger partial charge in [0, 0.05) is 36.8 Å². The van der Waals surface area contributed by atoms with E-state index < -0.39 is 0 Å². The van der Waals surface area contributed by atoms with Gasteiger partial charge in [0.25, 0.3) is 0 Å². The molecule has 0 amide bonds. The molecule has 0 saturated heterocycles. The first-order valence-electron chi connectivity index (χ1n) is 6.85. The summed E-state index contributed by atoms with van der Waals surface area (Å²) in [7, 11) is 1.89. The van der Waals surface area contributed by atoms with Gasteiger partial charge >= 0.3 is 0 Å². The summed E-state index contributed by atoms with van der Waals surface area (Å²) in [5.41, 5.74) is 1.94.